The van der Waals surface area contributed by atoms with Crippen molar-refractivity contribution in [3.05, 3.63) is 47.3 Å². The first kappa shape index (κ1) is 14.2. The van der Waals surface area contributed by atoms with Crippen molar-refractivity contribution < 1.29 is 4.74 Å². The van der Waals surface area contributed by atoms with Gasteiger partial charge in [0, 0.05) is 6.20 Å². The lowest BCUT2D eigenvalue weighted by atomic mass is 9.96. The molecule has 1 heterocycles. The fraction of sp³-hybridized carbons (Fsp3) is 0.500. The molecule has 1 saturated carbocycles. The van der Waals surface area contributed by atoms with Gasteiger partial charge in [-0.15, -0.1) is 0 Å². The van der Waals surface area contributed by atoms with Gasteiger partial charge in [0.1, 0.15) is 12.4 Å². The van der Waals surface area contributed by atoms with Crippen molar-refractivity contribution in [3.63, 3.8) is 0 Å². The molecule has 1 aromatic carbocycles. The standard InChI is InChI=1S/C18H24N2O/c1-14-8-9-18(15(2)12-14)21-13-16-10-11-20(19-16)17-6-4-3-5-7-17/h8-12,17H,3-7,13H2,1-2H3. The minimum atomic E-state index is 0.545. The molecule has 112 valence electrons. The zero-order valence-electron chi connectivity index (χ0n) is 13.0. The summed E-state index contributed by atoms with van der Waals surface area (Å²) in [6.45, 7) is 4.73. The zero-order chi connectivity index (χ0) is 14.7. The number of rotatable bonds is 4. The first-order valence-electron chi connectivity index (χ1n) is 7.96. The molecule has 3 nitrogen and oxygen atoms in total. The van der Waals surface area contributed by atoms with E-state index < -0.39 is 0 Å². The quantitative estimate of drug-likeness (QED) is 0.821. The molecular weight excluding hydrogens is 260 g/mol. The average molecular weight is 284 g/mol. The SMILES string of the molecule is Cc1ccc(OCc2ccn(C3CCCCC3)n2)c(C)c1. The Balaban J connectivity index is 1.61. The van der Waals surface area contributed by atoms with E-state index in [0.717, 1.165) is 11.4 Å². The van der Waals surface area contributed by atoms with Crippen LogP contribution in [0.1, 0.15) is 55.0 Å². The number of nitrogens with zero attached hydrogens (tertiary/aromatic N) is 2. The molecule has 0 amide bonds. The molecule has 1 fully saturated rings. The maximum absolute atomic E-state index is 5.90. The minimum absolute atomic E-state index is 0.545. The molecule has 1 aromatic heterocycles. The molecule has 21 heavy (non-hydrogen) atoms. The van der Waals surface area contributed by atoms with Crippen molar-refractivity contribution >= 4 is 0 Å². The molecule has 0 spiro atoms. The van der Waals surface area contributed by atoms with E-state index in [1.165, 1.54) is 43.2 Å². The first-order chi connectivity index (χ1) is 10.2. The monoisotopic (exact) mass is 284 g/mol. The summed E-state index contributed by atoms with van der Waals surface area (Å²) in [5, 5.41) is 4.69. The van der Waals surface area contributed by atoms with Crippen molar-refractivity contribution in [2.75, 3.05) is 0 Å². The van der Waals surface area contributed by atoms with E-state index in [9.17, 15) is 0 Å². The Hall–Kier alpha value is -1.77. The number of ether oxygens (including phenoxy) is 1. The molecule has 3 rings (SSSR count). The number of aryl methyl sites for hydroxylation is 2. The van der Waals surface area contributed by atoms with Gasteiger partial charge in [0.2, 0.25) is 0 Å². The summed E-state index contributed by atoms with van der Waals surface area (Å²) in [7, 11) is 0. The highest BCUT2D eigenvalue weighted by molar-refractivity contribution is 5.35. The van der Waals surface area contributed by atoms with Gasteiger partial charge in [-0.05, 0) is 44.4 Å². The molecule has 1 aliphatic carbocycles. The largest absolute Gasteiger partial charge is 0.487 e. The number of hydrogen-bond donors (Lipinski definition) is 0. The van der Waals surface area contributed by atoms with Crippen LogP contribution in [0.2, 0.25) is 0 Å². The van der Waals surface area contributed by atoms with Gasteiger partial charge in [-0.25, -0.2) is 0 Å². The predicted octanol–water partition coefficient (Wildman–Crippen LogP) is 4.58. The van der Waals surface area contributed by atoms with Crippen LogP contribution >= 0.6 is 0 Å². The van der Waals surface area contributed by atoms with E-state index in [2.05, 4.69) is 48.0 Å². The van der Waals surface area contributed by atoms with Crippen LogP contribution in [-0.4, -0.2) is 9.78 Å². The van der Waals surface area contributed by atoms with E-state index in [1.54, 1.807) is 0 Å². The first-order valence-corrected chi connectivity index (χ1v) is 7.96. The summed E-state index contributed by atoms with van der Waals surface area (Å²) in [6.07, 6.45) is 8.67. The molecular formula is C18H24N2O. The fourth-order valence-electron chi connectivity index (χ4n) is 3.12. The average Bonchev–Trinajstić information content (AvgIpc) is 2.96. The summed E-state index contributed by atoms with van der Waals surface area (Å²) in [6, 6.07) is 8.95. The highest BCUT2D eigenvalue weighted by Gasteiger charge is 2.16. The van der Waals surface area contributed by atoms with Gasteiger partial charge in [0.05, 0.1) is 11.7 Å². The Morgan fingerprint density at radius 2 is 1.95 bits per heavy atom. The summed E-state index contributed by atoms with van der Waals surface area (Å²) < 4.78 is 8.04. The van der Waals surface area contributed by atoms with Gasteiger partial charge in [-0.2, -0.15) is 5.10 Å². The molecule has 0 aliphatic heterocycles. The van der Waals surface area contributed by atoms with Gasteiger partial charge in [0.15, 0.2) is 0 Å². The van der Waals surface area contributed by atoms with Crippen LogP contribution in [-0.2, 0) is 6.61 Å². The molecule has 0 unspecified atom stereocenters. The van der Waals surface area contributed by atoms with Crippen molar-refractivity contribution in [2.24, 2.45) is 0 Å². The Morgan fingerprint density at radius 1 is 1.14 bits per heavy atom. The Bertz CT molecular complexity index is 597. The second kappa shape index (κ2) is 6.33. The van der Waals surface area contributed by atoms with Crippen LogP contribution in [0.5, 0.6) is 5.75 Å². The second-order valence-corrected chi connectivity index (χ2v) is 6.14. The van der Waals surface area contributed by atoms with Gasteiger partial charge >= 0.3 is 0 Å². The molecule has 3 heteroatoms. The van der Waals surface area contributed by atoms with E-state index in [-0.39, 0.29) is 0 Å². The number of benzene rings is 1. The third kappa shape index (κ3) is 3.46. The third-order valence-corrected chi connectivity index (χ3v) is 4.32. The van der Waals surface area contributed by atoms with E-state index in [0.29, 0.717) is 12.6 Å². The molecule has 0 saturated heterocycles. The van der Waals surface area contributed by atoms with Crippen LogP contribution in [0.3, 0.4) is 0 Å². The topological polar surface area (TPSA) is 27.1 Å². The smallest absolute Gasteiger partial charge is 0.132 e. The van der Waals surface area contributed by atoms with E-state index in [1.807, 2.05) is 6.07 Å². The summed E-state index contributed by atoms with van der Waals surface area (Å²) in [5.74, 6) is 0.952. The number of aromatic nitrogens is 2. The highest BCUT2D eigenvalue weighted by atomic mass is 16.5. The normalized spacial score (nSPS) is 16.1. The molecule has 0 radical (unpaired) electrons. The minimum Gasteiger partial charge on any atom is -0.487 e. The maximum atomic E-state index is 5.90. The maximum Gasteiger partial charge on any atom is 0.132 e. The van der Waals surface area contributed by atoms with Crippen LogP contribution in [0.15, 0.2) is 30.5 Å². The molecule has 0 atom stereocenters. The Kier molecular flexibility index (Phi) is 4.28. The summed E-state index contributed by atoms with van der Waals surface area (Å²) >= 11 is 0. The van der Waals surface area contributed by atoms with Gasteiger partial charge < -0.3 is 4.74 Å². The van der Waals surface area contributed by atoms with Crippen molar-refractivity contribution in [1.82, 2.24) is 9.78 Å². The molecule has 0 bridgehead atoms. The van der Waals surface area contributed by atoms with Crippen LogP contribution < -0.4 is 4.74 Å². The van der Waals surface area contributed by atoms with Crippen molar-refractivity contribution in [1.29, 1.82) is 0 Å². The van der Waals surface area contributed by atoms with E-state index in [4.69, 9.17) is 4.74 Å². The second-order valence-electron chi connectivity index (χ2n) is 6.14. The Morgan fingerprint density at radius 3 is 2.71 bits per heavy atom. The molecule has 1 aliphatic rings. The Labute approximate surface area is 126 Å². The summed E-state index contributed by atoms with van der Waals surface area (Å²) in [5.41, 5.74) is 3.46. The lowest BCUT2D eigenvalue weighted by Gasteiger charge is -2.21. The predicted molar refractivity (Wildman–Crippen MR) is 84.6 cm³/mol. The van der Waals surface area contributed by atoms with Crippen LogP contribution in [0.4, 0.5) is 0 Å². The lowest BCUT2D eigenvalue weighted by Crippen LogP contribution is -2.13. The summed E-state index contributed by atoms with van der Waals surface area (Å²) in [4.78, 5) is 0. The fourth-order valence-corrected chi connectivity index (χ4v) is 3.12. The van der Waals surface area contributed by atoms with Gasteiger partial charge in [-0.3, -0.25) is 4.68 Å². The van der Waals surface area contributed by atoms with Gasteiger partial charge in [0.25, 0.3) is 0 Å². The van der Waals surface area contributed by atoms with Crippen LogP contribution in [0, 0.1) is 13.8 Å². The van der Waals surface area contributed by atoms with Crippen molar-refractivity contribution in [3.8, 4) is 5.75 Å². The highest BCUT2D eigenvalue weighted by Crippen LogP contribution is 2.27. The van der Waals surface area contributed by atoms with Crippen molar-refractivity contribution in [2.45, 2.75) is 58.6 Å². The third-order valence-electron chi connectivity index (χ3n) is 4.32. The number of hydrogen-bond acceptors (Lipinski definition) is 2. The zero-order valence-corrected chi connectivity index (χ0v) is 13.0. The lowest BCUT2D eigenvalue weighted by molar-refractivity contribution is 0.289. The molecule has 0 N–H and O–H groups in total. The van der Waals surface area contributed by atoms with Crippen LogP contribution in [0.25, 0.3) is 0 Å². The molecule has 2 aromatic rings. The van der Waals surface area contributed by atoms with Gasteiger partial charge in [-0.1, -0.05) is 37.0 Å². The van der Waals surface area contributed by atoms with E-state index >= 15 is 0 Å².